The van der Waals surface area contributed by atoms with Crippen LogP contribution in [0.25, 0.3) is 10.9 Å². The van der Waals surface area contributed by atoms with E-state index in [1.807, 2.05) is 13.8 Å². The van der Waals surface area contributed by atoms with Crippen molar-refractivity contribution in [1.29, 1.82) is 0 Å². The maximum Gasteiger partial charge on any atom is 0.0497 e. The summed E-state index contributed by atoms with van der Waals surface area (Å²) in [5, 5.41) is 1.23. The van der Waals surface area contributed by atoms with E-state index in [9.17, 15) is 0 Å². The molecule has 1 heterocycles. The average Bonchev–Trinajstić information content (AvgIpc) is 2.57. The number of nitrogens with two attached hydrogens (primary N) is 1. The van der Waals surface area contributed by atoms with Gasteiger partial charge < -0.3 is 10.3 Å². The molecule has 0 amide bonds. The highest BCUT2D eigenvalue weighted by atomic mass is 79.9. The zero-order chi connectivity index (χ0) is 12.8. The second kappa shape index (κ2) is 4.14. The molecule has 0 atom stereocenters. The Kier molecular flexibility index (Phi) is 3.08. The molecule has 92 valence electrons. The summed E-state index contributed by atoms with van der Waals surface area (Å²) in [6, 6.07) is 6.72. The molecule has 0 saturated heterocycles. The van der Waals surface area contributed by atoms with Gasteiger partial charge in [-0.25, -0.2) is 0 Å². The number of halogens is 1. The molecule has 0 saturated carbocycles. The van der Waals surface area contributed by atoms with Crippen LogP contribution in [0.1, 0.15) is 39.3 Å². The second-order valence-corrected chi connectivity index (χ2v) is 6.25. The van der Waals surface area contributed by atoms with Gasteiger partial charge in [0.1, 0.15) is 0 Å². The Bertz CT molecular complexity index is 547. The predicted molar refractivity (Wildman–Crippen MR) is 77.2 cm³/mol. The molecular weight excluding hydrogens is 276 g/mol. The number of fused-ring (bicyclic) bond motifs is 1. The fraction of sp³-hybridized carbons (Fsp3) is 0.429. The standard InChI is InChI=1S/C14H19BrN2/c1-9(2)17-8-10(14(3,4)16)13-11(15)6-5-7-12(13)17/h5-9H,16H2,1-4H3. The minimum Gasteiger partial charge on any atom is -0.345 e. The Morgan fingerprint density at radius 1 is 1.29 bits per heavy atom. The zero-order valence-corrected chi connectivity index (χ0v) is 12.4. The van der Waals surface area contributed by atoms with Gasteiger partial charge in [-0.3, -0.25) is 0 Å². The van der Waals surface area contributed by atoms with E-state index in [-0.39, 0.29) is 5.54 Å². The maximum atomic E-state index is 6.27. The van der Waals surface area contributed by atoms with Crippen molar-refractivity contribution in [2.24, 2.45) is 5.73 Å². The third-order valence-electron chi connectivity index (χ3n) is 3.06. The van der Waals surface area contributed by atoms with Gasteiger partial charge in [-0.15, -0.1) is 0 Å². The summed E-state index contributed by atoms with van der Waals surface area (Å²) in [6.07, 6.45) is 2.18. The average molecular weight is 295 g/mol. The summed E-state index contributed by atoms with van der Waals surface area (Å²) in [7, 11) is 0. The van der Waals surface area contributed by atoms with Crippen LogP contribution in [0.15, 0.2) is 28.9 Å². The molecule has 0 aliphatic rings. The number of aromatic nitrogens is 1. The summed E-state index contributed by atoms with van der Waals surface area (Å²) in [5.74, 6) is 0. The van der Waals surface area contributed by atoms with Crippen LogP contribution in [0.4, 0.5) is 0 Å². The van der Waals surface area contributed by atoms with Gasteiger partial charge in [0.15, 0.2) is 0 Å². The van der Waals surface area contributed by atoms with Crippen molar-refractivity contribution >= 4 is 26.8 Å². The molecule has 17 heavy (non-hydrogen) atoms. The van der Waals surface area contributed by atoms with Crippen LogP contribution in [-0.2, 0) is 5.54 Å². The molecule has 2 rings (SSSR count). The first-order chi connectivity index (χ1) is 7.82. The van der Waals surface area contributed by atoms with Gasteiger partial charge >= 0.3 is 0 Å². The quantitative estimate of drug-likeness (QED) is 0.885. The van der Waals surface area contributed by atoms with Gasteiger partial charge in [0.2, 0.25) is 0 Å². The Balaban J connectivity index is 2.86. The first-order valence-corrected chi connectivity index (χ1v) is 6.70. The van der Waals surface area contributed by atoms with Crippen LogP contribution in [0, 0.1) is 0 Å². The highest BCUT2D eigenvalue weighted by Gasteiger charge is 2.22. The van der Waals surface area contributed by atoms with Gasteiger partial charge in [-0.1, -0.05) is 22.0 Å². The highest BCUT2D eigenvalue weighted by molar-refractivity contribution is 9.10. The minimum atomic E-state index is -0.331. The molecule has 0 bridgehead atoms. The Morgan fingerprint density at radius 3 is 2.47 bits per heavy atom. The fourth-order valence-electron chi connectivity index (χ4n) is 2.18. The molecule has 0 unspecified atom stereocenters. The van der Waals surface area contributed by atoms with E-state index in [1.54, 1.807) is 0 Å². The van der Waals surface area contributed by atoms with Gasteiger partial charge in [0, 0.05) is 33.2 Å². The van der Waals surface area contributed by atoms with E-state index in [0.717, 1.165) is 4.47 Å². The van der Waals surface area contributed by atoms with Crippen LogP contribution in [-0.4, -0.2) is 4.57 Å². The van der Waals surface area contributed by atoms with E-state index in [4.69, 9.17) is 5.73 Å². The molecule has 2 nitrogen and oxygen atoms in total. The zero-order valence-electron chi connectivity index (χ0n) is 10.8. The van der Waals surface area contributed by atoms with Crippen molar-refractivity contribution in [1.82, 2.24) is 4.57 Å². The lowest BCUT2D eigenvalue weighted by atomic mass is 9.95. The molecule has 0 fully saturated rings. The Hall–Kier alpha value is -0.800. The lowest BCUT2D eigenvalue weighted by Gasteiger charge is -2.18. The topological polar surface area (TPSA) is 30.9 Å². The van der Waals surface area contributed by atoms with E-state index in [2.05, 4.69) is 58.7 Å². The van der Waals surface area contributed by atoms with E-state index >= 15 is 0 Å². The number of benzene rings is 1. The highest BCUT2D eigenvalue weighted by Crippen LogP contribution is 2.35. The largest absolute Gasteiger partial charge is 0.345 e. The predicted octanol–water partition coefficient (Wildman–Crippen LogP) is 4.18. The summed E-state index contributed by atoms with van der Waals surface area (Å²) >= 11 is 3.63. The van der Waals surface area contributed by atoms with Crippen molar-refractivity contribution in [3.63, 3.8) is 0 Å². The molecule has 1 aromatic carbocycles. The number of nitrogens with zero attached hydrogens (tertiary/aromatic N) is 1. The summed E-state index contributed by atoms with van der Waals surface area (Å²) < 4.78 is 3.40. The normalized spacial score (nSPS) is 12.6. The number of hydrogen-bond acceptors (Lipinski definition) is 1. The first-order valence-electron chi connectivity index (χ1n) is 5.91. The van der Waals surface area contributed by atoms with Gasteiger partial charge in [-0.2, -0.15) is 0 Å². The van der Waals surface area contributed by atoms with Crippen molar-refractivity contribution < 1.29 is 0 Å². The van der Waals surface area contributed by atoms with Crippen LogP contribution in [0.3, 0.4) is 0 Å². The van der Waals surface area contributed by atoms with Gasteiger partial charge in [0.25, 0.3) is 0 Å². The van der Waals surface area contributed by atoms with Crippen LogP contribution >= 0.6 is 15.9 Å². The molecule has 2 N–H and O–H groups in total. The summed E-state index contributed by atoms with van der Waals surface area (Å²) in [6.45, 7) is 8.47. The summed E-state index contributed by atoms with van der Waals surface area (Å²) in [5.41, 5.74) is 8.37. The Labute approximate surface area is 111 Å². The Morgan fingerprint density at radius 2 is 1.94 bits per heavy atom. The minimum absolute atomic E-state index is 0.331. The monoisotopic (exact) mass is 294 g/mol. The molecule has 0 aliphatic heterocycles. The van der Waals surface area contributed by atoms with Crippen LogP contribution in [0.5, 0.6) is 0 Å². The van der Waals surface area contributed by atoms with E-state index in [0.29, 0.717) is 6.04 Å². The van der Waals surface area contributed by atoms with Crippen molar-refractivity contribution in [3.05, 3.63) is 34.4 Å². The van der Waals surface area contributed by atoms with E-state index < -0.39 is 0 Å². The number of hydrogen-bond donors (Lipinski definition) is 1. The molecular formula is C14H19BrN2. The SMILES string of the molecule is CC(C)n1cc(C(C)(C)N)c2c(Br)cccc21. The molecule has 0 radical (unpaired) electrons. The van der Waals surface area contributed by atoms with Gasteiger partial charge in [-0.05, 0) is 45.4 Å². The molecule has 2 aromatic rings. The maximum absolute atomic E-state index is 6.27. The first kappa shape index (κ1) is 12.7. The lowest BCUT2D eigenvalue weighted by molar-refractivity contribution is 0.549. The smallest absolute Gasteiger partial charge is 0.0497 e. The van der Waals surface area contributed by atoms with Crippen LogP contribution < -0.4 is 5.73 Å². The van der Waals surface area contributed by atoms with Crippen molar-refractivity contribution in [2.75, 3.05) is 0 Å². The third-order valence-corrected chi connectivity index (χ3v) is 3.72. The molecule has 0 aliphatic carbocycles. The van der Waals surface area contributed by atoms with Crippen molar-refractivity contribution in [3.8, 4) is 0 Å². The lowest BCUT2D eigenvalue weighted by Crippen LogP contribution is -2.28. The number of rotatable bonds is 2. The van der Waals surface area contributed by atoms with Gasteiger partial charge in [0.05, 0.1) is 0 Å². The molecule has 3 heteroatoms. The van der Waals surface area contributed by atoms with E-state index in [1.165, 1.54) is 16.5 Å². The van der Waals surface area contributed by atoms with Crippen LogP contribution in [0.2, 0.25) is 0 Å². The summed E-state index contributed by atoms with van der Waals surface area (Å²) in [4.78, 5) is 0. The third kappa shape index (κ3) is 2.14. The van der Waals surface area contributed by atoms with Crippen molar-refractivity contribution in [2.45, 2.75) is 39.3 Å². The second-order valence-electron chi connectivity index (χ2n) is 5.40. The fourth-order valence-corrected chi connectivity index (χ4v) is 2.75. The molecule has 1 aromatic heterocycles. The molecule has 0 spiro atoms.